The van der Waals surface area contributed by atoms with Crippen LogP contribution >= 0.6 is 15.9 Å². The Balaban J connectivity index is 2.23. The molecule has 0 fully saturated rings. The molecular weight excluding hydrogens is 329 g/mol. The van der Waals surface area contributed by atoms with Crippen LogP contribution in [0.3, 0.4) is 0 Å². The van der Waals surface area contributed by atoms with Crippen molar-refractivity contribution >= 4 is 27.8 Å². The Morgan fingerprint density at radius 3 is 2.70 bits per heavy atom. The lowest BCUT2D eigenvalue weighted by molar-refractivity contribution is -0.140. The van der Waals surface area contributed by atoms with Gasteiger partial charge in [-0.2, -0.15) is 0 Å². The number of unbranched alkanes of at least 4 members (excludes halogenated alkanes) is 2. The Morgan fingerprint density at radius 1 is 1.30 bits per heavy atom. The summed E-state index contributed by atoms with van der Waals surface area (Å²) in [6, 6.07) is 4.13. The topological polar surface area (TPSA) is 55.4 Å². The van der Waals surface area contributed by atoms with Crippen LogP contribution in [0.5, 0.6) is 0 Å². The van der Waals surface area contributed by atoms with Crippen molar-refractivity contribution in [2.24, 2.45) is 0 Å². The zero-order valence-corrected chi connectivity index (χ0v) is 12.8. The van der Waals surface area contributed by atoms with E-state index in [4.69, 9.17) is 0 Å². The Bertz CT molecular complexity index is 479. The second kappa shape index (κ2) is 8.68. The first-order chi connectivity index (χ1) is 9.54. The van der Waals surface area contributed by atoms with Crippen LogP contribution in [-0.4, -0.2) is 25.5 Å². The van der Waals surface area contributed by atoms with Gasteiger partial charge in [-0.25, -0.2) is 4.39 Å². The second-order valence-electron chi connectivity index (χ2n) is 4.27. The van der Waals surface area contributed by atoms with Gasteiger partial charge in [-0.1, -0.05) is 6.42 Å². The summed E-state index contributed by atoms with van der Waals surface area (Å²) in [5, 5.41) is 2.75. The molecule has 0 radical (unpaired) electrons. The van der Waals surface area contributed by atoms with Crippen molar-refractivity contribution < 1.29 is 18.7 Å². The summed E-state index contributed by atoms with van der Waals surface area (Å²) in [4.78, 5) is 22.6. The van der Waals surface area contributed by atoms with E-state index in [0.29, 0.717) is 18.5 Å². The van der Waals surface area contributed by atoms with Crippen LogP contribution < -0.4 is 5.32 Å². The SMILES string of the molecule is COC(=O)CCCCCNC(=O)c1ccc(F)c(Br)c1. The van der Waals surface area contributed by atoms with Crippen LogP contribution in [-0.2, 0) is 9.53 Å². The molecule has 6 heteroatoms. The van der Waals surface area contributed by atoms with Crippen molar-refractivity contribution in [3.05, 3.63) is 34.1 Å². The van der Waals surface area contributed by atoms with E-state index in [9.17, 15) is 14.0 Å². The number of rotatable bonds is 7. The average molecular weight is 346 g/mol. The number of hydrogen-bond donors (Lipinski definition) is 1. The van der Waals surface area contributed by atoms with Gasteiger partial charge in [-0.15, -0.1) is 0 Å². The van der Waals surface area contributed by atoms with Crippen molar-refractivity contribution in [1.29, 1.82) is 0 Å². The van der Waals surface area contributed by atoms with Gasteiger partial charge in [0.1, 0.15) is 5.82 Å². The quantitative estimate of drug-likeness (QED) is 0.610. The third-order valence-electron chi connectivity index (χ3n) is 2.75. The maximum Gasteiger partial charge on any atom is 0.305 e. The monoisotopic (exact) mass is 345 g/mol. The summed E-state index contributed by atoms with van der Waals surface area (Å²) >= 11 is 3.04. The number of esters is 1. The number of carbonyl (C=O) groups is 2. The summed E-state index contributed by atoms with van der Waals surface area (Å²) in [5.74, 6) is -0.853. The molecule has 0 unspecified atom stereocenters. The van der Waals surface area contributed by atoms with Crippen LogP contribution in [0.2, 0.25) is 0 Å². The van der Waals surface area contributed by atoms with Gasteiger partial charge >= 0.3 is 5.97 Å². The number of amides is 1. The first kappa shape index (κ1) is 16.6. The highest BCUT2D eigenvalue weighted by molar-refractivity contribution is 9.10. The number of methoxy groups -OCH3 is 1. The summed E-state index contributed by atoms with van der Waals surface area (Å²) in [6.07, 6.45) is 2.76. The number of halogens is 2. The van der Waals surface area contributed by atoms with Crippen LogP contribution in [0, 0.1) is 5.82 Å². The van der Waals surface area contributed by atoms with Gasteiger partial charge < -0.3 is 10.1 Å². The molecule has 110 valence electrons. The minimum Gasteiger partial charge on any atom is -0.469 e. The fraction of sp³-hybridized carbons (Fsp3) is 0.429. The van der Waals surface area contributed by atoms with Gasteiger partial charge in [0.2, 0.25) is 0 Å². The largest absolute Gasteiger partial charge is 0.469 e. The lowest BCUT2D eigenvalue weighted by atomic mass is 10.2. The smallest absolute Gasteiger partial charge is 0.305 e. The molecule has 0 aliphatic rings. The third kappa shape index (κ3) is 5.69. The maximum absolute atomic E-state index is 13.0. The van der Waals surface area contributed by atoms with Crippen molar-refractivity contribution in [3.63, 3.8) is 0 Å². The van der Waals surface area contributed by atoms with Crippen LogP contribution in [0.4, 0.5) is 4.39 Å². The molecule has 20 heavy (non-hydrogen) atoms. The minimum atomic E-state index is -0.399. The normalized spacial score (nSPS) is 10.2. The van der Waals surface area contributed by atoms with Crippen molar-refractivity contribution in [1.82, 2.24) is 5.32 Å². The van der Waals surface area contributed by atoms with Gasteiger partial charge in [0.05, 0.1) is 11.6 Å². The lowest BCUT2D eigenvalue weighted by Gasteiger charge is -2.06. The number of nitrogens with one attached hydrogen (secondary N) is 1. The molecule has 0 atom stereocenters. The molecule has 1 rings (SSSR count). The van der Waals surface area contributed by atoms with Crippen LogP contribution in [0.15, 0.2) is 22.7 Å². The molecule has 1 N–H and O–H groups in total. The van der Waals surface area contributed by atoms with Gasteiger partial charge in [0, 0.05) is 18.5 Å². The molecule has 1 amide bonds. The Hall–Kier alpha value is -1.43. The van der Waals surface area contributed by atoms with Crippen molar-refractivity contribution in [2.75, 3.05) is 13.7 Å². The predicted molar refractivity (Wildman–Crippen MR) is 76.9 cm³/mol. The minimum absolute atomic E-state index is 0.217. The van der Waals surface area contributed by atoms with Gasteiger partial charge in [-0.3, -0.25) is 9.59 Å². The fourth-order valence-corrected chi connectivity index (χ4v) is 1.99. The summed E-state index contributed by atoms with van der Waals surface area (Å²) in [5.41, 5.74) is 0.410. The standard InChI is InChI=1S/C14H17BrFNO3/c1-20-13(18)5-3-2-4-8-17-14(19)10-6-7-12(16)11(15)9-10/h6-7,9H,2-5,8H2,1H3,(H,17,19). The van der Waals surface area contributed by atoms with E-state index in [1.807, 2.05) is 0 Å². The number of carbonyl (C=O) groups excluding carboxylic acids is 2. The highest BCUT2D eigenvalue weighted by Crippen LogP contribution is 2.16. The second-order valence-corrected chi connectivity index (χ2v) is 5.13. The highest BCUT2D eigenvalue weighted by Gasteiger charge is 2.07. The molecular formula is C14H17BrFNO3. The first-order valence-electron chi connectivity index (χ1n) is 6.34. The Morgan fingerprint density at radius 2 is 2.05 bits per heavy atom. The Kier molecular flexibility index (Phi) is 7.22. The molecule has 0 bridgehead atoms. The first-order valence-corrected chi connectivity index (χ1v) is 7.14. The van der Waals surface area contributed by atoms with E-state index in [1.54, 1.807) is 0 Å². The summed E-state index contributed by atoms with van der Waals surface area (Å²) in [7, 11) is 1.36. The van der Waals surface area contributed by atoms with E-state index in [0.717, 1.165) is 19.3 Å². The Labute approximate surface area is 125 Å². The lowest BCUT2D eigenvalue weighted by Crippen LogP contribution is -2.24. The zero-order valence-electron chi connectivity index (χ0n) is 11.2. The van der Waals surface area contributed by atoms with Crippen LogP contribution in [0.1, 0.15) is 36.0 Å². The fourth-order valence-electron chi connectivity index (χ4n) is 1.61. The number of ether oxygens (including phenoxy) is 1. The van der Waals surface area contributed by atoms with E-state index in [1.165, 1.54) is 25.3 Å². The summed E-state index contributed by atoms with van der Waals surface area (Å²) < 4.78 is 17.8. The van der Waals surface area contributed by atoms with Gasteiger partial charge in [0.25, 0.3) is 5.91 Å². The highest BCUT2D eigenvalue weighted by atomic mass is 79.9. The van der Waals surface area contributed by atoms with Crippen molar-refractivity contribution in [3.8, 4) is 0 Å². The number of benzene rings is 1. The zero-order chi connectivity index (χ0) is 15.0. The predicted octanol–water partition coefficient (Wildman–Crippen LogP) is 3.05. The maximum atomic E-state index is 13.0. The molecule has 1 aromatic carbocycles. The summed E-state index contributed by atoms with van der Waals surface area (Å²) in [6.45, 7) is 0.523. The molecule has 1 aromatic rings. The molecule has 0 aliphatic carbocycles. The van der Waals surface area contributed by atoms with E-state index in [-0.39, 0.29) is 16.3 Å². The van der Waals surface area contributed by atoms with E-state index in [2.05, 4.69) is 26.0 Å². The molecule has 0 saturated carbocycles. The molecule has 4 nitrogen and oxygen atoms in total. The average Bonchev–Trinajstić information content (AvgIpc) is 2.44. The molecule has 0 spiro atoms. The molecule has 0 aromatic heterocycles. The van der Waals surface area contributed by atoms with Gasteiger partial charge in [-0.05, 0) is 47.0 Å². The van der Waals surface area contributed by atoms with E-state index >= 15 is 0 Å². The molecule has 0 saturated heterocycles. The molecule has 0 aliphatic heterocycles. The third-order valence-corrected chi connectivity index (χ3v) is 3.36. The van der Waals surface area contributed by atoms with Gasteiger partial charge in [0.15, 0.2) is 0 Å². The van der Waals surface area contributed by atoms with Crippen molar-refractivity contribution in [2.45, 2.75) is 25.7 Å². The number of hydrogen-bond acceptors (Lipinski definition) is 3. The molecule has 0 heterocycles. The van der Waals surface area contributed by atoms with E-state index < -0.39 is 5.82 Å². The van der Waals surface area contributed by atoms with Crippen LogP contribution in [0.25, 0.3) is 0 Å².